The molecule has 1 N–H and O–H groups in total. The Hall–Kier alpha value is -1.07. The van der Waals surface area contributed by atoms with Gasteiger partial charge in [-0.2, -0.15) is 5.10 Å². The molecule has 0 saturated carbocycles. The molecule has 0 bridgehead atoms. The van der Waals surface area contributed by atoms with Gasteiger partial charge in [0.15, 0.2) is 0 Å². The molecule has 114 valence electrons. The SMILES string of the molecule is CCNC(C)(CC(C)n1cc(Cl)c(C)n1)C(=O)OCC. The highest BCUT2D eigenvalue weighted by atomic mass is 35.5. The Morgan fingerprint density at radius 2 is 2.25 bits per heavy atom. The number of aromatic nitrogens is 2. The quantitative estimate of drug-likeness (QED) is 0.787. The van der Waals surface area contributed by atoms with E-state index in [1.165, 1.54) is 0 Å². The van der Waals surface area contributed by atoms with E-state index in [0.717, 1.165) is 5.69 Å². The van der Waals surface area contributed by atoms with Crippen molar-refractivity contribution in [3.05, 3.63) is 16.9 Å². The number of esters is 1. The van der Waals surface area contributed by atoms with Crippen molar-refractivity contribution in [3.63, 3.8) is 0 Å². The predicted octanol–water partition coefficient (Wildman–Crippen LogP) is 2.73. The van der Waals surface area contributed by atoms with Crippen LogP contribution in [0.5, 0.6) is 0 Å². The Kier molecular flexibility index (Phi) is 6.02. The lowest BCUT2D eigenvalue weighted by Gasteiger charge is -2.30. The molecule has 2 unspecified atom stereocenters. The fourth-order valence-electron chi connectivity index (χ4n) is 2.28. The Bertz CT molecular complexity index is 442. The van der Waals surface area contributed by atoms with Gasteiger partial charge in [-0.25, -0.2) is 0 Å². The summed E-state index contributed by atoms with van der Waals surface area (Å²) in [7, 11) is 0. The smallest absolute Gasteiger partial charge is 0.326 e. The first kappa shape index (κ1) is 17.0. The average Bonchev–Trinajstić information content (AvgIpc) is 2.70. The third-order valence-electron chi connectivity index (χ3n) is 3.30. The number of hydrogen-bond donors (Lipinski definition) is 1. The van der Waals surface area contributed by atoms with E-state index in [0.29, 0.717) is 24.6 Å². The van der Waals surface area contributed by atoms with Crippen LogP contribution in [-0.2, 0) is 9.53 Å². The highest BCUT2D eigenvalue weighted by Gasteiger charge is 2.36. The summed E-state index contributed by atoms with van der Waals surface area (Å²) >= 11 is 6.03. The van der Waals surface area contributed by atoms with E-state index in [4.69, 9.17) is 16.3 Å². The van der Waals surface area contributed by atoms with E-state index in [2.05, 4.69) is 10.4 Å². The molecule has 5 nitrogen and oxygen atoms in total. The van der Waals surface area contributed by atoms with Gasteiger partial charge in [0.05, 0.1) is 23.4 Å². The van der Waals surface area contributed by atoms with Crippen molar-refractivity contribution in [1.29, 1.82) is 0 Å². The first-order chi connectivity index (χ1) is 9.34. The lowest BCUT2D eigenvalue weighted by molar-refractivity contribution is -0.151. The number of rotatable bonds is 7. The van der Waals surface area contributed by atoms with Crippen molar-refractivity contribution in [1.82, 2.24) is 15.1 Å². The van der Waals surface area contributed by atoms with Crippen LogP contribution in [0.3, 0.4) is 0 Å². The van der Waals surface area contributed by atoms with Gasteiger partial charge in [0.2, 0.25) is 0 Å². The lowest BCUT2D eigenvalue weighted by Crippen LogP contribution is -2.51. The first-order valence-electron chi connectivity index (χ1n) is 6.97. The second kappa shape index (κ2) is 7.09. The highest BCUT2D eigenvalue weighted by molar-refractivity contribution is 6.31. The molecule has 1 heterocycles. The summed E-state index contributed by atoms with van der Waals surface area (Å²) < 4.78 is 6.97. The minimum atomic E-state index is -0.726. The van der Waals surface area contributed by atoms with E-state index >= 15 is 0 Å². The van der Waals surface area contributed by atoms with E-state index in [-0.39, 0.29) is 12.0 Å². The van der Waals surface area contributed by atoms with E-state index in [1.807, 2.05) is 34.6 Å². The molecular formula is C14H24ClN3O2. The number of aryl methyl sites for hydroxylation is 1. The van der Waals surface area contributed by atoms with Crippen LogP contribution in [0.4, 0.5) is 0 Å². The van der Waals surface area contributed by atoms with Crippen molar-refractivity contribution in [2.24, 2.45) is 0 Å². The number of likely N-dealkylation sites (N-methyl/N-ethyl adjacent to an activating group) is 1. The number of ether oxygens (including phenoxy) is 1. The summed E-state index contributed by atoms with van der Waals surface area (Å²) in [5, 5.41) is 8.22. The van der Waals surface area contributed by atoms with Gasteiger partial charge in [0.1, 0.15) is 5.54 Å². The summed E-state index contributed by atoms with van der Waals surface area (Å²) in [6.07, 6.45) is 2.37. The third kappa shape index (κ3) is 3.96. The molecule has 0 spiro atoms. The Morgan fingerprint density at radius 1 is 1.60 bits per heavy atom. The summed E-state index contributed by atoms with van der Waals surface area (Å²) in [6.45, 7) is 10.6. The fourth-order valence-corrected chi connectivity index (χ4v) is 2.42. The topological polar surface area (TPSA) is 56.2 Å². The second-order valence-electron chi connectivity index (χ2n) is 5.18. The van der Waals surface area contributed by atoms with Crippen molar-refractivity contribution in [3.8, 4) is 0 Å². The normalized spacial score (nSPS) is 15.7. The molecule has 1 rings (SSSR count). The molecule has 0 radical (unpaired) electrons. The number of carbonyl (C=O) groups is 1. The average molecular weight is 302 g/mol. The summed E-state index contributed by atoms with van der Waals surface area (Å²) in [6, 6.07) is 0.0367. The van der Waals surface area contributed by atoms with Gasteiger partial charge >= 0.3 is 5.97 Å². The maximum atomic E-state index is 12.2. The van der Waals surface area contributed by atoms with Crippen LogP contribution < -0.4 is 5.32 Å². The van der Waals surface area contributed by atoms with Gasteiger partial charge < -0.3 is 10.1 Å². The van der Waals surface area contributed by atoms with E-state index in [1.54, 1.807) is 10.9 Å². The van der Waals surface area contributed by atoms with Crippen molar-refractivity contribution < 1.29 is 9.53 Å². The minimum Gasteiger partial charge on any atom is -0.465 e. The molecule has 0 fully saturated rings. The van der Waals surface area contributed by atoms with Crippen LogP contribution in [0.15, 0.2) is 6.20 Å². The number of nitrogens with zero attached hydrogens (tertiary/aromatic N) is 2. The van der Waals surface area contributed by atoms with Gasteiger partial charge in [0, 0.05) is 6.20 Å². The fraction of sp³-hybridized carbons (Fsp3) is 0.714. The molecule has 1 aromatic heterocycles. The lowest BCUT2D eigenvalue weighted by atomic mass is 9.93. The zero-order valence-electron chi connectivity index (χ0n) is 12.9. The van der Waals surface area contributed by atoms with Crippen molar-refractivity contribution >= 4 is 17.6 Å². The summed E-state index contributed by atoms with van der Waals surface area (Å²) in [5.41, 5.74) is 0.0658. The monoisotopic (exact) mass is 301 g/mol. The highest BCUT2D eigenvalue weighted by Crippen LogP contribution is 2.24. The van der Waals surface area contributed by atoms with Gasteiger partial charge in [-0.3, -0.25) is 9.48 Å². The molecular weight excluding hydrogens is 278 g/mol. The number of nitrogens with one attached hydrogen (secondary N) is 1. The maximum absolute atomic E-state index is 12.2. The largest absolute Gasteiger partial charge is 0.465 e. The van der Waals surface area contributed by atoms with E-state index < -0.39 is 5.54 Å². The predicted molar refractivity (Wildman–Crippen MR) is 80.0 cm³/mol. The van der Waals surface area contributed by atoms with Crippen LogP contribution in [0.25, 0.3) is 0 Å². The Morgan fingerprint density at radius 3 is 2.70 bits per heavy atom. The molecule has 0 aromatic carbocycles. The molecule has 0 saturated heterocycles. The van der Waals surface area contributed by atoms with E-state index in [9.17, 15) is 4.79 Å². The number of hydrogen-bond acceptors (Lipinski definition) is 4. The van der Waals surface area contributed by atoms with Crippen molar-refractivity contribution in [2.45, 2.75) is 52.6 Å². The third-order valence-corrected chi connectivity index (χ3v) is 3.68. The van der Waals surface area contributed by atoms with Gasteiger partial charge in [-0.1, -0.05) is 18.5 Å². The van der Waals surface area contributed by atoms with Crippen LogP contribution in [-0.4, -0.2) is 34.4 Å². The summed E-state index contributed by atoms with van der Waals surface area (Å²) in [5.74, 6) is -0.233. The van der Waals surface area contributed by atoms with Crippen LogP contribution in [0, 0.1) is 6.92 Å². The standard InChI is InChI=1S/C14H24ClN3O2/c1-6-16-14(5,13(19)20-7-2)8-10(3)18-9-12(15)11(4)17-18/h9-10,16H,6-8H2,1-5H3. The Labute approximate surface area is 125 Å². The van der Waals surface area contributed by atoms with Crippen LogP contribution >= 0.6 is 11.6 Å². The molecule has 20 heavy (non-hydrogen) atoms. The molecule has 6 heteroatoms. The molecule has 2 atom stereocenters. The zero-order chi connectivity index (χ0) is 15.3. The van der Waals surface area contributed by atoms with Gasteiger partial charge in [-0.05, 0) is 40.7 Å². The molecule has 0 aliphatic carbocycles. The maximum Gasteiger partial charge on any atom is 0.326 e. The molecule has 1 aromatic rings. The van der Waals surface area contributed by atoms with Crippen LogP contribution in [0.2, 0.25) is 5.02 Å². The first-order valence-corrected chi connectivity index (χ1v) is 7.35. The summed E-state index contributed by atoms with van der Waals surface area (Å²) in [4.78, 5) is 12.2. The Balaban J connectivity index is 2.86. The zero-order valence-corrected chi connectivity index (χ0v) is 13.6. The van der Waals surface area contributed by atoms with Crippen LogP contribution in [0.1, 0.15) is 45.9 Å². The molecule has 0 aliphatic heterocycles. The van der Waals surface area contributed by atoms with Gasteiger partial charge in [-0.15, -0.1) is 0 Å². The molecule has 0 aliphatic rings. The van der Waals surface area contributed by atoms with Crippen molar-refractivity contribution in [2.75, 3.05) is 13.2 Å². The second-order valence-corrected chi connectivity index (χ2v) is 5.59. The number of halogens is 1. The number of carbonyl (C=O) groups excluding carboxylic acids is 1. The molecule has 0 amide bonds. The van der Waals surface area contributed by atoms with Gasteiger partial charge in [0.25, 0.3) is 0 Å². The minimum absolute atomic E-state index is 0.0367.